The third-order valence-electron chi connectivity index (χ3n) is 4.08. The van der Waals surface area contributed by atoms with Gasteiger partial charge in [0.25, 0.3) is 0 Å². The van der Waals surface area contributed by atoms with Crippen LogP contribution in [0.3, 0.4) is 0 Å². The first-order valence-corrected chi connectivity index (χ1v) is 7.98. The molecule has 0 spiro atoms. The van der Waals surface area contributed by atoms with Crippen LogP contribution in [0.4, 0.5) is 4.39 Å². The van der Waals surface area contributed by atoms with E-state index in [1.54, 1.807) is 23.5 Å². The minimum atomic E-state index is -0.261. The lowest BCUT2D eigenvalue weighted by molar-refractivity contribution is 0.276. The van der Waals surface area contributed by atoms with Crippen LogP contribution >= 0.6 is 11.3 Å². The van der Waals surface area contributed by atoms with Gasteiger partial charge in [-0.1, -0.05) is 0 Å². The number of nitrogens with zero attached hydrogens (tertiary/aromatic N) is 2. The van der Waals surface area contributed by atoms with Gasteiger partial charge in [0.1, 0.15) is 5.82 Å². The van der Waals surface area contributed by atoms with Gasteiger partial charge in [-0.2, -0.15) is 0 Å². The van der Waals surface area contributed by atoms with E-state index in [1.807, 2.05) is 0 Å². The molecule has 1 aliphatic rings. The molecular weight excluding hydrogens is 287 g/mol. The standard InChI is InChI=1S/C16H15FN2OS/c17-11-7-5-10(6-8-11)15-13(9-20)19-12-3-1-2-4-14(12)21-16(19)18-15/h5-8,20H,1-4,9H2. The molecule has 4 rings (SSSR count). The van der Waals surface area contributed by atoms with E-state index in [1.165, 1.54) is 35.5 Å². The van der Waals surface area contributed by atoms with E-state index in [0.29, 0.717) is 0 Å². The molecule has 0 saturated carbocycles. The van der Waals surface area contributed by atoms with Crippen LogP contribution in [0.1, 0.15) is 29.1 Å². The van der Waals surface area contributed by atoms with E-state index in [-0.39, 0.29) is 12.4 Å². The molecule has 0 aliphatic heterocycles. The van der Waals surface area contributed by atoms with Gasteiger partial charge < -0.3 is 5.11 Å². The zero-order chi connectivity index (χ0) is 14.4. The molecular formula is C16H15FN2OS. The predicted molar refractivity (Wildman–Crippen MR) is 81.0 cm³/mol. The molecule has 0 fully saturated rings. The maximum Gasteiger partial charge on any atom is 0.195 e. The van der Waals surface area contributed by atoms with E-state index in [4.69, 9.17) is 0 Å². The van der Waals surface area contributed by atoms with Gasteiger partial charge in [-0.3, -0.25) is 4.40 Å². The highest BCUT2D eigenvalue weighted by Crippen LogP contribution is 2.34. The number of hydrogen-bond donors (Lipinski definition) is 1. The number of aryl methyl sites for hydroxylation is 2. The van der Waals surface area contributed by atoms with E-state index in [0.717, 1.165) is 34.8 Å². The monoisotopic (exact) mass is 302 g/mol. The maximum atomic E-state index is 13.1. The number of aromatic nitrogens is 2. The lowest BCUT2D eigenvalue weighted by atomic mass is 10.0. The third-order valence-corrected chi connectivity index (χ3v) is 5.23. The second kappa shape index (κ2) is 4.93. The molecule has 0 amide bonds. The van der Waals surface area contributed by atoms with Crippen LogP contribution in [0.2, 0.25) is 0 Å². The largest absolute Gasteiger partial charge is 0.390 e. The molecule has 5 heteroatoms. The fourth-order valence-corrected chi connectivity index (χ4v) is 4.31. The van der Waals surface area contributed by atoms with E-state index < -0.39 is 0 Å². The van der Waals surface area contributed by atoms with Crippen molar-refractivity contribution in [3.8, 4) is 11.3 Å². The van der Waals surface area contributed by atoms with Gasteiger partial charge in [0, 0.05) is 16.1 Å². The smallest absolute Gasteiger partial charge is 0.195 e. The Bertz CT molecular complexity index is 804. The molecule has 21 heavy (non-hydrogen) atoms. The average molecular weight is 302 g/mol. The van der Waals surface area contributed by atoms with Crippen molar-refractivity contribution >= 4 is 16.3 Å². The SMILES string of the molecule is OCc1c(-c2ccc(F)cc2)nc2sc3c(n12)CCCC3. The molecule has 0 bridgehead atoms. The van der Waals surface area contributed by atoms with Crippen LogP contribution < -0.4 is 0 Å². The number of imidazole rings is 1. The van der Waals surface area contributed by atoms with Crippen LogP contribution in [0, 0.1) is 5.82 Å². The lowest BCUT2D eigenvalue weighted by Crippen LogP contribution is -2.05. The Morgan fingerprint density at radius 2 is 1.95 bits per heavy atom. The molecule has 3 aromatic rings. The van der Waals surface area contributed by atoms with Crippen LogP contribution in [-0.2, 0) is 19.4 Å². The molecule has 1 N–H and O–H groups in total. The first-order chi connectivity index (χ1) is 10.3. The molecule has 2 aromatic heterocycles. The number of benzene rings is 1. The Balaban J connectivity index is 1.94. The summed E-state index contributed by atoms with van der Waals surface area (Å²) in [4.78, 5) is 7.02. The Morgan fingerprint density at radius 3 is 2.71 bits per heavy atom. The summed E-state index contributed by atoms with van der Waals surface area (Å²) in [6.45, 7) is -0.0585. The molecule has 0 radical (unpaired) electrons. The lowest BCUT2D eigenvalue weighted by Gasteiger charge is -2.12. The Hall–Kier alpha value is -1.72. The van der Waals surface area contributed by atoms with Crippen molar-refractivity contribution in [2.24, 2.45) is 0 Å². The summed E-state index contributed by atoms with van der Waals surface area (Å²) in [6.07, 6.45) is 4.57. The number of aliphatic hydroxyl groups excluding tert-OH is 1. The minimum absolute atomic E-state index is 0.0585. The van der Waals surface area contributed by atoms with Crippen molar-refractivity contribution in [2.45, 2.75) is 32.3 Å². The molecule has 1 aromatic carbocycles. The minimum Gasteiger partial charge on any atom is -0.390 e. The summed E-state index contributed by atoms with van der Waals surface area (Å²) in [5, 5.41) is 9.81. The zero-order valence-electron chi connectivity index (χ0n) is 11.5. The molecule has 3 nitrogen and oxygen atoms in total. The maximum absolute atomic E-state index is 13.1. The molecule has 108 valence electrons. The van der Waals surface area contributed by atoms with E-state index in [2.05, 4.69) is 9.38 Å². The first kappa shape index (κ1) is 13.0. The Kier molecular flexibility index (Phi) is 3.05. The highest BCUT2D eigenvalue weighted by Gasteiger charge is 2.22. The summed E-state index contributed by atoms with van der Waals surface area (Å²) in [6, 6.07) is 6.29. The van der Waals surface area contributed by atoms with E-state index >= 15 is 0 Å². The van der Waals surface area contributed by atoms with Crippen LogP contribution in [0.15, 0.2) is 24.3 Å². The average Bonchev–Trinajstić information content (AvgIpc) is 3.03. The second-order valence-corrected chi connectivity index (χ2v) is 6.43. The van der Waals surface area contributed by atoms with Crippen LogP contribution in [0.25, 0.3) is 16.2 Å². The first-order valence-electron chi connectivity index (χ1n) is 7.16. The fraction of sp³-hybridized carbons (Fsp3) is 0.312. The quantitative estimate of drug-likeness (QED) is 0.786. The summed E-state index contributed by atoms with van der Waals surface area (Å²) >= 11 is 1.71. The summed E-state index contributed by atoms with van der Waals surface area (Å²) in [7, 11) is 0. The van der Waals surface area contributed by atoms with Crippen LogP contribution in [-0.4, -0.2) is 14.5 Å². The number of rotatable bonds is 2. The number of aliphatic hydroxyl groups is 1. The van der Waals surface area contributed by atoms with Gasteiger partial charge >= 0.3 is 0 Å². The summed E-state index contributed by atoms with van der Waals surface area (Å²) in [5.41, 5.74) is 3.72. The normalized spacial score (nSPS) is 14.6. The van der Waals surface area contributed by atoms with Gasteiger partial charge in [-0.05, 0) is 49.9 Å². The van der Waals surface area contributed by atoms with Crippen molar-refractivity contribution in [3.05, 3.63) is 46.3 Å². The van der Waals surface area contributed by atoms with Gasteiger partial charge in [-0.15, -0.1) is 11.3 Å². The Morgan fingerprint density at radius 1 is 1.19 bits per heavy atom. The molecule has 2 heterocycles. The van der Waals surface area contributed by atoms with Crippen molar-refractivity contribution in [3.63, 3.8) is 0 Å². The number of thiazole rings is 1. The zero-order valence-corrected chi connectivity index (χ0v) is 12.3. The van der Waals surface area contributed by atoms with Gasteiger partial charge in [0.15, 0.2) is 4.96 Å². The predicted octanol–water partition coefficient (Wildman–Crippen LogP) is 3.57. The van der Waals surface area contributed by atoms with Gasteiger partial charge in [0.2, 0.25) is 0 Å². The topological polar surface area (TPSA) is 37.5 Å². The highest BCUT2D eigenvalue weighted by molar-refractivity contribution is 7.17. The highest BCUT2D eigenvalue weighted by atomic mass is 32.1. The Labute approximate surface area is 125 Å². The van der Waals surface area contributed by atoms with Crippen molar-refractivity contribution in [1.82, 2.24) is 9.38 Å². The molecule has 0 unspecified atom stereocenters. The second-order valence-electron chi connectivity index (χ2n) is 5.37. The van der Waals surface area contributed by atoms with Gasteiger partial charge in [0.05, 0.1) is 18.0 Å². The molecule has 0 atom stereocenters. The van der Waals surface area contributed by atoms with Crippen molar-refractivity contribution in [2.75, 3.05) is 0 Å². The van der Waals surface area contributed by atoms with Crippen molar-refractivity contribution < 1.29 is 9.50 Å². The summed E-state index contributed by atoms with van der Waals surface area (Å²) < 4.78 is 15.2. The third kappa shape index (κ3) is 2.00. The summed E-state index contributed by atoms with van der Waals surface area (Å²) in [5.74, 6) is -0.261. The molecule has 0 saturated heterocycles. The molecule has 1 aliphatic carbocycles. The van der Waals surface area contributed by atoms with E-state index in [9.17, 15) is 9.50 Å². The van der Waals surface area contributed by atoms with Gasteiger partial charge in [-0.25, -0.2) is 9.37 Å². The fourth-order valence-electron chi connectivity index (χ4n) is 3.08. The number of fused-ring (bicyclic) bond motifs is 3. The van der Waals surface area contributed by atoms with Crippen LogP contribution in [0.5, 0.6) is 0 Å². The van der Waals surface area contributed by atoms with Crippen molar-refractivity contribution in [1.29, 1.82) is 0 Å². The number of halogens is 1. The number of hydrogen-bond acceptors (Lipinski definition) is 3.